The molecule has 0 bridgehead atoms. The highest BCUT2D eigenvalue weighted by Gasteiger charge is 2.34. The van der Waals surface area contributed by atoms with Crippen LogP contribution in [0.4, 0.5) is 5.69 Å². The van der Waals surface area contributed by atoms with E-state index in [4.69, 9.17) is 4.74 Å². The molecule has 1 atom stereocenters. The molecular weight excluding hydrogens is 618 g/mol. The maximum Gasteiger partial charge on any atom is 0.264 e. The number of sulfonamides is 1. The van der Waals surface area contributed by atoms with Crippen molar-refractivity contribution in [2.24, 2.45) is 0 Å². The smallest absolute Gasteiger partial charge is 0.264 e. The number of amides is 2. The van der Waals surface area contributed by atoms with Crippen molar-refractivity contribution in [3.05, 3.63) is 88.4 Å². The first-order valence-corrected chi connectivity index (χ1v) is 16.2. The third-order valence-corrected chi connectivity index (χ3v) is 8.75. The van der Waals surface area contributed by atoms with Crippen molar-refractivity contribution in [2.45, 2.75) is 71.0 Å². The molecule has 10 heteroatoms. The average molecular weight is 659 g/mol. The van der Waals surface area contributed by atoms with E-state index in [0.717, 1.165) is 19.9 Å². The normalized spacial score (nSPS) is 12.4. The average Bonchev–Trinajstić information content (AvgIpc) is 2.91. The Bertz CT molecular complexity index is 1470. The predicted octanol–water partition coefficient (Wildman–Crippen LogP) is 6.07. The van der Waals surface area contributed by atoms with E-state index in [-0.39, 0.29) is 17.3 Å². The van der Waals surface area contributed by atoms with Crippen LogP contribution in [0.2, 0.25) is 0 Å². The van der Waals surface area contributed by atoms with E-state index in [9.17, 15) is 18.0 Å². The zero-order chi connectivity index (χ0) is 31.1. The van der Waals surface area contributed by atoms with E-state index in [0.29, 0.717) is 24.5 Å². The van der Waals surface area contributed by atoms with Gasteiger partial charge in [0.25, 0.3) is 10.0 Å². The first-order chi connectivity index (χ1) is 19.7. The summed E-state index contributed by atoms with van der Waals surface area (Å²) in [4.78, 5) is 29.2. The van der Waals surface area contributed by atoms with Crippen molar-refractivity contribution in [1.29, 1.82) is 0 Å². The van der Waals surface area contributed by atoms with Crippen LogP contribution in [0, 0.1) is 6.92 Å². The summed E-state index contributed by atoms with van der Waals surface area (Å²) >= 11 is 3.35. The van der Waals surface area contributed by atoms with Gasteiger partial charge in [0, 0.05) is 16.6 Å². The summed E-state index contributed by atoms with van der Waals surface area (Å²) < 4.78 is 35.4. The van der Waals surface area contributed by atoms with Crippen LogP contribution in [0.1, 0.15) is 52.2 Å². The summed E-state index contributed by atoms with van der Waals surface area (Å²) in [5.74, 6) is -0.212. The summed E-state index contributed by atoms with van der Waals surface area (Å²) in [6.07, 6.45) is 0.349. The van der Waals surface area contributed by atoms with Gasteiger partial charge >= 0.3 is 0 Å². The number of aryl methyl sites for hydroxylation is 1. The SMILES string of the molecule is CCOc1ccc(N(CC(=O)N(Cc2cccc(C)c2)C(CC)C(=O)NC(C)(C)C)S(=O)(=O)c2ccc(Br)cc2)cc1. The molecule has 0 heterocycles. The predicted molar refractivity (Wildman–Crippen MR) is 170 cm³/mol. The molecule has 0 spiro atoms. The van der Waals surface area contributed by atoms with Crippen molar-refractivity contribution in [2.75, 3.05) is 17.5 Å². The molecule has 226 valence electrons. The Kier molecular flexibility index (Phi) is 11.2. The van der Waals surface area contributed by atoms with E-state index in [2.05, 4.69) is 21.2 Å². The van der Waals surface area contributed by atoms with Gasteiger partial charge in [0.1, 0.15) is 18.3 Å². The minimum atomic E-state index is -4.16. The third kappa shape index (κ3) is 8.82. The van der Waals surface area contributed by atoms with Crippen LogP contribution in [0.3, 0.4) is 0 Å². The van der Waals surface area contributed by atoms with Crippen LogP contribution in [-0.2, 0) is 26.2 Å². The van der Waals surface area contributed by atoms with Gasteiger partial charge in [-0.05, 0) is 95.1 Å². The lowest BCUT2D eigenvalue weighted by Crippen LogP contribution is -2.55. The van der Waals surface area contributed by atoms with Crippen LogP contribution in [0.15, 0.2) is 82.2 Å². The van der Waals surface area contributed by atoms with Crippen molar-refractivity contribution in [3.63, 3.8) is 0 Å². The van der Waals surface area contributed by atoms with E-state index < -0.39 is 34.1 Å². The van der Waals surface area contributed by atoms with Gasteiger partial charge in [-0.1, -0.05) is 52.7 Å². The summed E-state index contributed by atoms with van der Waals surface area (Å²) in [5, 5.41) is 2.98. The van der Waals surface area contributed by atoms with Crippen molar-refractivity contribution in [3.8, 4) is 5.75 Å². The molecule has 0 aromatic heterocycles. The van der Waals surface area contributed by atoms with Crippen molar-refractivity contribution in [1.82, 2.24) is 10.2 Å². The molecular formula is C32H40BrN3O5S. The second-order valence-corrected chi connectivity index (χ2v) is 13.8. The molecule has 3 aromatic carbocycles. The monoisotopic (exact) mass is 657 g/mol. The molecule has 0 radical (unpaired) electrons. The minimum Gasteiger partial charge on any atom is -0.494 e. The van der Waals surface area contributed by atoms with Crippen molar-refractivity contribution >= 4 is 43.5 Å². The molecule has 8 nitrogen and oxygen atoms in total. The molecule has 2 amide bonds. The summed E-state index contributed by atoms with van der Waals surface area (Å²) in [6.45, 7) is 11.4. The van der Waals surface area contributed by atoms with Gasteiger partial charge in [0.05, 0.1) is 17.2 Å². The molecule has 1 N–H and O–H groups in total. The molecule has 0 aliphatic rings. The quantitative estimate of drug-likeness (QED) is 0.255. The number of nitrogens with zero attached hydrogens (tertiary/aromatic N) is 2. The second kappa shape index (κ2) is 14.2. The fourth-order valence-corrected chi connectivity index (χ4v) is 6.20. The second-order valence-electron chi connectivity index (χ2n) is 11.1. The van der Waals surface area contributed by atoms with Gasteiger partial charge in [-0.3, -0.25) is 13.9 Å². The third-order valence-electron chi connectivity index (χ3n) is 6.44. The first-order valence-electron chi connectivity index (χ1n) is 13.9. The maximum atomic E-state index is 14.2. The Morgan fingerprint density at radius 1 is 0.976 bits per heavy atom. The zero-order valence-electron chi connectivity index (χ0n) is 25.1. The van der Waals surface area contributed by atoms with Crippen LogP contribution in [-0.4, -0.2) is 49.9 Å². The molecule has 3 rings (SSSR count). The van der Waals surface area contributed by atoms with Gasteiger partial charge in [-0.2, -0.15) is 0 Å². The number of benzene rings is 3. The van der Waals surface area contributed by atoms with E-state index in [1.807, 2.05) is 65.8 Å². The fourth-order valence-electron chi connectivity index (χ4n) is 4.52. The first kappa shape index (κ1) is 33.1. The van der Waals surface area contributed by atoms with Gasteiger partial charge < -0.3 is 15.0 Å². The fraction of sp³-hybridized carbons (Fsp3) is 0.375. The summed E-state index contributed by atoms with van der Waals surface area (Å²) in [6, 6.07) is 19.7. The van der Waals surface area contributed by atoms with E-state index in [1.54, 1.807) is 36.4 Å². The topological polar surface area (TPSA) is 96.0 Å². The number of hydrogen-bond donors (Lipinski definition) is 1. The number of halogens is 1. The zero-order valence-corrected chi connectivity index (χ0v) is 27.5. The largest absolute Gasteiger partial charge is 0.494 e. The number of nitrogens with one attached hydrogen (secondary N) is 1. The molecule has 0 fully saturated rings. The van der Waals surface area contributed by atoms with Crippen LogP contribution >= 0.6 is 15.9 Å². The number of anilines is 1. The Balaban J connectivity index is 2.08. The number of carbonyl (C=O) groups excluding carboxylic acids is 2. The van der Waals surface area contributed by atoms with Crippen LogP contribution < -0.4 is 14.4 Å². The Morgan fingerprint density at radius 3 is 2.17 bits per heavy atom. The van der Waals surface area contributed by atoms with Crippen molar-refractivity contribution < 1.29 is 22.7 Å². The molecule has 0 saturated carbocycles. The molecule has 1 unspecified atom stereocenters. The number of ether oxygens (including phenoxy) is 1. The molecule has 0 aliphatic carbocycles. The Labute approximate surface area is 258 Å². The molecule has 3 aromatic rings. The van der Waals surface area contributed by atoms with Gasteiger partial charge in [0.15, 0.2) is 0 Å². The van der Waals surface area contributed by atoms with Crippen LogP contribution in [0.25, 0.3) is 0 Å². The number of carbonyl (C=O) groups is 2. The summed E-state index contributed by atoms with van der Waals surface area (Å²) in [5.41, 5.74) is 1.65. The Hall–Kier alpha value is -3.37. The van der Waals surface area contributed by atoms with Crippen LogP contribution in [0.5, 0.6) is 5.75 Å². The summed E-state index contributed by atoms with van der Waals surface area (Å²) in [7, 11) is -4.16. The van der Waals surface area contributed by atoms with E-state index in [1.165, 1.54) is 17.0 Å². The van der Waals surface area contributed by atoms with Gasteiger partial charge in [-0.15, -0.1) is 0 Å². The highest BCUT2D eigenvalue weighted by atomic mass is 79.9. The van der Waals surface area contributed by atoms with Gasteiger partial charge in [-0.25, -0.2) is 8.42 Å². The molecule has 42 heavy (non-hydrogen) atoms. The molecule has 0 saturated heterocycles. The standard InChI is InChI=1S/C32H40BrN3O5S/c1-7-29(31(38)34-32(4,5)6)35(21-24-11-9-10-23(3)20-24)30(37)22-36(26-14-16-27(17-15-26)41-8-2)42(39,40)28-18-12-25(33)13-19-28/h9-20,29H,7-8,21-22H2,1-6H3,(H,34,38). The number of rotatable bonds is 12. The number of hydrogen-bond acceptors (Lipinski definition) is 5. The molecule has 0 aliphatic heterocycles. The maximum absolute atomic E-state index is 14.2. The van der Waals surface area contributed by atoms with E-state index >= 15 is 0 Å². The minimum absolute atomic E-state index is 0.0372. The lowest BCUT2D eigenvalue weighted by Gasteiger charge is -2.35. The highest BCUT2D eigenvalue weighted by molar-refractivity contribution is 9.10. The lowest BCUT2D eigenvalue weighted by molar-refractivity contribution is -0.141. The Morgan fingerprint density at radius 2 is 1.62 bits per heavy atom. The lowest BCUT2D eigenvalue weighted by atomic mass is 10.0. The highest BCUT2D eigenvalue weighted by Crippen LogP contribution is 2.28. The van der Waals surface area contributed by atoms with Gasteiger partial charge in [0.2, 0.25) is 11.8 Å².